The van der Waals surface area contributed by atoms with Gasteiger partial charge in [0.05, 0.1) is 7.85 Å². The van der Waals surface area contributed by atoms with Crippen LogP contribution in [0, 0.1) is 0 Å². The predicted octanol–water partition coefficient (Wildman–Crippen LogP) is 2.13. The molecule has 0 aliphatic heterocycles. The van der Waals surface area contributed by atoms with Gasteiger partial charge in [-0.1, -0.05) is 42.6 Å². The maximum atomic E-state index is 5.70. The zero-order chi connectivity index (χ0) is 6.97. The van der Waals surface area contributed by atoms with E-state index in [4.69, 9.17) is 7.85 Å². The van der Waals surface area contributed by atoms with Crippen molar-refractivity contribution < 1.29 is 0 Å². The minimum atomic E-state index is 0.433. The van der Waals surface area contributed by atoms with E-state index in [1.807, 2.05) is 6.07 Å². The summed E-state index contributed by atoms with van der Waals surface area (Å²) in [5.41, 5.74) is 1.40. The standard InChI is InChI=1S/C9H9B/c10-9-6-8(9)7-4-2-1-3-5-7/h1-5,8-9H,6H2/t8?,9-/m0/s1. The third kappa shape index (κ3) is 0.963. The Kier molecular flexibility index (Phi) is 1.30. The summed E-state index contributed by atoms with van der Waals surface area (Å²) in [6.07, 6.45) is 1.17. The Morgan fingerprint density at radius 1 is 1.20 bits per heavy atom. The summed E-state index contributed by atoms with van der Waals surface area (Å²) in [4.78, 5) is 0. The number of hydrogen-bond donors (Lipinski definition) is 0. The number of hydrogen-bond acceptors (Lipinski definition) is 0. The topological polar surface area (TPSA) is 0 Å². The van der Waals surface area contributed by atoms with Gasteiger partial charge in [-0.3, -0.25) is 0 Å². The molecule has 1 unspecified atom stereocenters. The molecule has 1 aliphatic carbocycles. The quantitative estimate of drug-likeness (QED) is 0.508. The van der Waals surface area contributed by atoms with Crippen molar-refractivity contribution in [1.82, 2.24) is 0 Å². The Labute approximate surface area is 62.7 Å². The SMILES string of the molecule is [B][C@H]1CC1c1ccccc1. The lowest BCUT2D eigenvalue weighted by atomic mass is 9.97. The van der Waals surface area contributed by atoms with E-state index in [-0.39, 0.29) is 0 Å². The fourth-order valence-electron chi connectivity index (χ4n) is 1.30. The van der Waals surface area contributed by atoms with Gasteiger partial charge in [-0.25, -0.2) is 0 Å². The first kappa shape index (κ1) is 6.02. The van der Waals surface area contributed by atoms with Crippen LogP contribution >= 0.6 is 0 Å². The second-order valence-corrected chi connectivity index (χ2v) is 2.92. The molecule has 0 nitrogen and oxygen atoms in total. The van der Waals surface area contributed by atoms with Gasteiger partial charge in [-0.05, 0) is 11.5 Å². The Bertz CT molecular complexity index is 217. The summed E-state index contributed by atoms with van der Waals surface area (Å²) in [7, 11) is 5.70. The van der Waals surface area contributed by atoms with Crippen LogP contribution in [0.4, 0.5) is 0 Å². The van der Waals surface area contributed by atoms with Crippen LogP contribution in [-0.2, 0) is 0 Å². The van der Waals surface area contributed by atoms with E-state index in [0.29, 0.717) is 11.7 Å². The van der Waals surface area contributed by atoms with Crippen molar-refractivity contribution >= 4 is 7.85 Å². The zero-order valence-corrected chi connectivity index (χ0v) is 5.83. The molecule has 1 heteroatoms. The van der Waals surface area contributed by atoms with Gasteiger partial charge in [0.1, 0.15) is 0 Å². The lowest BCUT2D eigenvalue weighted by Crippen LogP contribution is -1.77. The Morgan fingerprint density at radius 2 is 1.80 bits per heavy atom. The summed E-state index contributed by atoms with van der Waals surface area (Å²) in [6.45, 7) is 0. The van der Waals surface area contributed by atoms with Crippen LogP contribution in [0.2, 0.25) is 5.82 Å². The molecule has 0 saturated heterocycles. The molecule has 0 bridgehead atoms. The summed E-state index contributed by atoms with van der Waals surface area (Å²) in [6, 6.07) is 10.5. The van der Waals surface area contributed by atoms with Gasteiger partial charge < -0.3 is 0 Å². The second-order valence-electron chi connectivity index (χ2n) is 2.92. The first-order chi connectivity index (χ1) is 4.88. The van der Waals surface area contributed by atoms with Crippen LogP contribution in [0.5, 0.6) is 0 Å². The average Bonchev–Trinajstić information content (AvgIpc) is 2.69. The van der Waals surface area contributed by atoms with Gasteiger partial charge in [-0.15, -0.1) is 0 Å². The Morgan fingerprint density at radius 3 is 2.30 bits per heavy atom. The average molecular weight is 128 g/mol. The molecule has 10 heavy (non-hydrogen) atoms. The molecule has 2 rings (SSSR count). The first-order valence-corrected chi connectivity index (χ1v) is 3.68. The highest BCUT2D eigenvalue weighted by Crippen LogP contribution is 2.50. The van der Waals surface area contributed by atoms with E-state index >= 15 is 0 Å². The van der Waals surface area contributed by atoms with Crippen molar-refractivity contribution in [2.24, 2.45) is 0 Å². The van der Waals surface area contributed by atoms with E-state index < -0.39 is 0 Å². The minimum absolute atomic E-state index is 0.433. The zero-order valence-electron chi connectivity index (χ0n) is 5.83. The minimum Gasteiger partial charge on any atom is -0.0701 e. The molecule has 1 aromatic carbocycles. The monoisotopic (exact) mass is 128 g/mol. The molecule has 0 spiro atoms. The van der Waals surface area contributed by atoms with Crippen molar-refractivity contribution in [3.8, 4) is 0 Å². The third-order valence-corrected chi connectivity index (χ3v) is 2.07. The molecule has 0 N–H and O–H groups in total. The van der Waals surface area contributed by atoms with Crippen LogP contribution in [-0.4, -0.2) is 7.85 Å². The third-order valence-electron chi connectivity index (χ3n) is 2.07. The van der Waals surface area contributed by atoms with Gasteiger partial charge >= 0.3 is 0 Å². The molecular weight excluding hydrogens is 119 g/mol. The van der Waals surface area contributed by atoms with Gasteiger partial charge in [0, 0.05) is 0 Å². The number of rotatable bonds is 1. The van der Waals surface area contributed by atoms with Crippen molar-refractivity contribution in [3.05, 3.63) is 35.9 Å². The van der Waals surface area contributed by atoms with Gasteiger partial charge in [0.2, 0.25) is 0 Å². The normalized spacial score (nSPS) is 30.0. The van der Waals surface area contributed by atoms with Crippen LogP contribution in [0.15, 0.2) is 30.3 Å². The van der Waals surface area contributed by atoms with Gasteiger partial charge in [0.15, 0.2) is 0 Å². The molecule has 0 amide bonds. The lowest BCUT2D eigenvalue weighted by molar-refractivity contribution is 1.13. The molecule has 1 aromatic rings. The van der Waals surface area contributed by atoms with Crippen LogP contribution < -0.4 is 0 Å². The van der Waals surface area contributed by atoms with Crippen molar-refractivity contribution in [2.75, 3.05) is 0 Å². The van der Waals surface area contributed by atoms with Crippen LogP contribution in [0.3, 0.4) is 0 Å². The van der Waals surface area contributed by atoms with Crippen molar-refractivity contribution in [2.45, 2.75) is 18.2 Å². The predicted molar refractivity (Wildman–Crippen MR) is 43.3 cm³/mol. The van der Waals surface area contributed by atoms with E-state index in [1.54, 1.807) is 0 Å². The molecule has 1 fully saturated rings. The number of benzene rings is 1. The molecular formula is C9H9B. The molecule has 0 aromatic heterocycles. The molecule has 2 radical (unpaired) electrons. The Hall–Kier alpha value is -0.715. The summed E-state index contributed by atoms with van der Waals surface area (Å²) in [5, 5.41) is 0. The fraction of sp³-hybridized carbons (Fsp3) is 0.333. The molecule has 1 saturated carbocycles. The van der Waals surface area contributed by atoms with E-state index in [2.05, 4.69) is 24.3 Å². The van der Waals surface area contributed by atoms with Crippen LogP contribution in [0.1, 0.15) is 17.9 Å². The lowest BCUT2D eigenvalue weighted by Gasteiger charge is -1.94. The van der Waals surface area contributed by atoms with E-state index in [1.165, 1.54) is 12.0 Å². The first-order valence-electron chi connectivity index (χ1n) is 3.68. The highest BCUT2D eigenvalue weighted by molar-refractivity contribution is 6.14. The van der Waals surface area contributed by atoms with Gasteiger partial charge in [0.25, 0.3) is 0 Å². The highest BCUT2D eigenvalue weighted by atomic mass is 14.3. The molecule has 48 valence electrons. The molecule has 0 heterocycles. The van der Waals surface area contributed by atoms with Crippen molar-refractivity contribution in [3.63, 3.8) is 0 Å². The Balaban J connectivity index is 2.20. The summed E-state index contributed by atoms with van der Waals surface area (Å²) in [5.74, 6) is 1.09. The maximum absolute atomic E-state index is 5.70. The van der Waals surface area contributed by atoms with Gasteiger partial charge in [-0.2, -0.15) is 0 Å². The van der Waals surface area contributed by atoms with E-state index in [9.17, 15) is 0 Å². The highest BCUT2D eigenvalue weighted by Gasteiger charge is 2.32. The smallest absolute Gasteiger partial charge is 0.0701 e. The molecule has 2 atom stereocenters. The molecule has 1 aliphatic rings. The second kappa shape index (κ2) is 2.15. The maximum Gasteiger partial charge on any atom is 0.0708 e. The largest absolute Gasteiger partial charge is 0.0708 e. The van der Waals surface area contributed by atoms with Crippen LogP contribution in [0.25, 0.3) is 0 Å². The summed E-state index contributed by atoms with van der Waals surface area (Å²) < 4.78 is 0. The van der Waals surface area contributed by atoms with E-state index in [0.717, 1.165) is 0 Å². The summed E-state index contributed by atoms with van der Waals surface area (Å²) >= 11 is 0. The van der Waals surface area contributed by atoms with Crippen molar-refractivity contribution in [1.29, 1.82) is 0 Å². The fourth-order valence-corrected chi connectivity index (χ4v) is 1.30.